The van der Waals surface area contributed by atoms with Crippen LogP contribution in [0.25, 0.3) is 0 Å². The minimum absolute atomic E-state index is 0.557. The zero-order valence-corrected chi connectivity index (χ0v) is 13.0. The van der Waals surface area contributed by atoms with E-state index in [2.05, 4.69) is 25.1 Å². The minimum Gasteiger partial charge on any atom is -0.491 e. The van der Waals surface area contributed by atoms with Crippen molar-refractivity contribution in [2.45, 2.75) is 32.1 Å². The summed E-state index contributed by atoms with van der Waals surface area (Å²) in [5.74, 6) is 1.74. The molecule has 21 heavy (non-hydrogen) atoms. The molecule has 4 nitrogen and oxygen atoms in total. The smallest absolute Gasteiger partial charge is 0.122 e. The predicted octanol–water partition coefficient (Wildman–Crippen LogP) is 2.50. The largest absolute Gasteiger partial charge is 0.491 e. The van der Waals surface area contributed by atoms with Gasteiger partial charge in [-0.05, 0) is 42.4 Å². The summed E-state index contributed by atoms with van der Waals surface area (Å²) in [4.78, 5) is 0. The Kier molecular flexibility index (Phi) is 7.00. The normalized spacial score (nSPS) is 17.0. The Morgan fingerprint density at radius 3 is 2.62 bits per heavy atom. The van der Waals surface area contributed by atoms with Gasteiger partial charge in [0.15, 0.2) is 0 Å². The van der Waals surface area contributed by atoms with Crippen molar-refractivity contribution in [3.8, 4) is 5.75 Å². The van der Waals surface area contributed by atoms with Gasteiger partial charge in [0, 0.05) is 6.54 Å². The van der Waals surface area contributed by atoms with Gasteiger partial charge in [-0.25, -0.2) is 0 Å². The molecule has 1 unspecified atom stereocenters. The van der Waals surface area contributed by atoms with E-state index in [0.29, 0.717) is 45.5 Å². The number of hydrogen-bond acceptors (Lipinski definition) is 4. The summed E-state index contributed by atoms with van der Waals surface area (Å²) < 4.78 is 16.6. The van der Waals surface area contributed by atoms with E-state index in [1.807, 2.05) is 0 Å². The Balaban J connectivity index is 1.69. The summed E-state index contributed by atoms with van der Waals surface area (Å²) in [6.45, 7) is 5.77. The third-order valence-electron chi connectivity index (χ3n) is 3.96. The van der Waals surface area contributed by atoms with Crippen LogP contribution in [0.4, 0.5) is 0 Å². The molecule has 0 heterocycles. The van der Waals surface area contributed by atoms with E-state index >= 15 is 0 Å². The number of ether oxygens (including phenoxy) is 3. The molecule has 118 valence electrons. The molecule has 0 bridgehead atoms. The van der Waals surface area contributed by atoms with Crippen molar-refractivity contribution in [3.05, 3.63) is 29.3 Å². The van der Waals surface area contributed by atoms with Crippen molar-refractivity contribution in [2.24, 2.45) is 5.73 Å². The number of rotatable bonds is 10. The van der Waals surface area contributed by atoms with E-state index in [1.165, 1.54) is 24.0 Å². The van der Waals surface area contributed by atoms with Gasteiger partial charge >= 0.3 is 0 Å². The Labute approximate surface area is 127 Å². The van der Waals surface area contributed by atoms with Gasteiger partial charge in [0.2, 0.25) is 0 Å². The van der Waals surface area contributed by atoms with Gasteiger partial charge < -0.3 is 19.9 Å². The molecule has 2 N–H and O–H groups in total. The number of benzene rings is 1. The van der Waals surface area contributed by atoms with E-state index < -0.39 is 0 Å². The Morgan fingerprint density at radius 2 is 1.86 bits per heavy atom. The highest BCUT2D eigenvalue weighted by Crippen LogP contribution is 2.39. The molecule has 4 heteroatoms. The second-order valence-electron chi connectivity index (χ2n) is 5.33. The molecular weight excluding hydrogens is 266 g/mol. The highest BCUT2D eigenvalue weighted by atomic mass is 16.5. The summed E-state index contributed by atoms with van der Waals surface area (Å²) in [7, 11) is 0. The first-order valence-corrected chi connectivity index (χ1v) is 7.97. The summed E-state index contributed by atoms with van der Waals surface area (Å²) >= 11 is 0. The summed E-state index contributed by atoms with van der Waals surface area (Å²) in [5.41, 5.74) is 8.21. The van der Waals surface area contributed by atoms with Crippen LogP contribution >= 0.6 is 0 Å². The zero-order valence-electron chi connectivity index (χ0n) is 13.0. The van der Waals surface area contributed by atoms with Gasteiger partial charge in [0.05, 0.1) is 26.4 Å². The van der Waals surface area contributed by atoms with Crippen molar-refractivity contribution >= 4 is 0 Å². The number of fused-ring (bicyclic) bond motifs is 1. The highest BCUT2D eigenvalue weighted by Gasteiger charge is 2.23. The zero-order chi connectivity index (χ0) is 14.9. The van der Waals surface area contributed by atoms with Gasteiger partial charge in [-0.3, -0.25) is 0 Å². The van der Waals surface area contributed by atoms with Crippen molar-refractivity contribution in [1.82, 2.24) is 0 Å². The fraction of sp³-hybridized carbons (Fsp3) is 0.647. The molecule has 0 spiro atoms. The molecular formula is C17H27NO3. The predicted molar refractivity (Wildman–Crippen MR) is 84.0 cm³/mol. The van der Waals surface area contributed by atoms with E-state index in [1.54, 1.807) is 0 Å². The average Bonchev–Trinajstić information content (AvgIpc) is 2.94. The topological polar surface area (TPSA) is 53.7 Å². The Bertz CT molecular complexity index is 422. The molecule has 0 fully saturated rings. The molecule has 0 aromatic heterocycles. The third kappa shape index (κ3) is 4.70. The fourth-order valence-corrected chi connectivity index (χ4v) is 2.88. The molecule has 0 aliphatic heterocycles. The lowest BCUT2D eigenvalue weighted by atomic mass is 9.99. The maximum atomic E-state index is 5.88. The van der Waals surface area contributed by atoms with Crippen molar-refractivity contribution < 1.29 is 14.2 Å². The monoisotopic (exact) mass is 293 g/mol. The van der Waals surface area contributed by atoms with Crippen molar-refractivity contribution in [2.75, 3.05) is 39.6 Å². The standard InChI is InChI=1S/C17H27NO3/c1-2-14-6-7-16-15(14)4-3-5-17(16)21-13-12-20-11-10-19-9-8-18/h3-5,14H,2,6-13,18H2,1H3. The van der Waals surface area contributed by atoms with Crippen LogP contribution in [-0.2, 0) is 15.9 Å². The lowest BCUT2D eigenvalue weighted by Crippen LogP contribution is -2.14. The second kappa shape index (κ2) is 9.03. The molecule has 1 aromatic rings. The summed E-state index contributed by atoms with van der Waals surface area (Å²) in [6.07, 6.45) is 3.60. The molecule has 1 aliphatic carbocycles. The Hall–Kier alpha value is -1.10. The first-order chi connectivity index (χ1) is 10.4. The fourth-order valence-electron chi connectivity index (χ4n) is 2.88. The van der Waals surface area contributed by atoms with Crippen LogP contribution in [0.2, 0.25) is 0 Å². The van der Waals surface area contributed by atoms with Crippen molar-refractivity contribution in [3.63, 3.8) is 0 Å². The average molecular weight is 293 g/mol. The maximum Gasteiger partial charge on any atom is 0.122 e. The third-order valence-corrected chi connectivity index (χ3v) is 3.96. The highest BCUT2D eigenvalue weighted by molar-refractivity contribution is 5.45. The first-order valence-electron chi connectivity index (χ1n) is 7.97. The molecule has 0 amide bonds. The SMILES string of the molecule is CCC1CCc2c(OCCOCCOCCN)cccc21. The molecule has 0 saturated heterocycles. The summed E-state index contributed by atoms with van der Waals surface area (Å²) in [6, 6.07) is 6.42. The van der Waals surface area contributed by atoms with Gasteiger partial charge in [-0.2, -0.15) is 0 Å². The number of hydrogen-bond donors (Lipinski definition) is 1. The van der Waals surface area contributed by atoms with Gasteiger partial charge in [0.1, 0.15) is 12.4 Å². The van der Waals surface area contributed by atoms with E-state index in [9.17, 15) is 0 Å². The second-order valence-corrected chi connectivity index (χ2v) is 5.33. The van der Waals surface area contributed by atoms with E-state index in [0.717, 1.165) is 12.2 Å². The van der Waals surface area contributed by atoms with Crippen molar-refractivity contribution in [1.29, 1.82) is 0 Å². The number of nitrogens with two attached hydrogens (primary N) is 1. The van der Waals surface area contributed by atoms with Crippen LogP contribution in [-0.4, -0.2) is 39.6 Å². The maximum absolute atomic E-state index is 5.88. The lowest BCUT2D eigenvalue weighted by Gasteiger charge is -2.12. The van der Waals surface area contributed by atoms with Crippen LogP contribution in [0.3, 0.4) is 0 Å². The molecule has 0 saturated carbocycles. The quantitative estimate of drug-likeness (QED) is 0.673. The van der Waals surface area contributed by atoms with Crippen LogP contribution in [0, 0.1) is 0 Å². The molecule has 2 rings (SSSR count). The van der Waals surface area contributed by atoms with Crippen LogP contribution in [0.5, 0.6) is 5.75 Å². The Morgan fingerprint density at radius 1 is 1.10 bits per heavy atom. The first kappa shape index (κ1) is 16.3. The van der Waals surface area contributed by atoms with E-state index in [4.69, 9.17) is 19.9 Å². The molecule has 0 radical (unpaired) electrons. The van der Waals surface area contributed by atoms with Gasteiger partial charge in [-0.1, -0.05) is 19.1 Å². The van der Waals surface area contributed by atoms with Gasteiger partial charge in [-0.15, -0.1) is 0 Å². The molecule has 1 aromatic carbocycles. The van der Waals surface area contributed by atoms with Crippen LogP contribution < -0.4 is 10.5 Å². The van der Waals surface area contributed by atoms with Crippen LogP contribution in [0.1, 0.15) is 36.8 Å². The summed E-state index contributed by atoms with van der Waals surface area (Å²) in [5, 5.41) is 0. The molecule has 1 atom stereocenters. The van der Waals surface area contributed by atoms with E-state index in [-0.39, 0.29) is 0 Å². The van der Waals surface area contributed by atoms with Gasteiger partial charge in [0.25, 0.3) is 0 Å². The minimum atomic E-state index is 0.557. The van der Waals surface area contributed by atoms with Crippen LogP contribution in [0.15, 0.2) is 18.2 Å². The molecule has 1 aliphatic rings. The lowest BCUT2D eigenvalue weighted by molar-refractivity contribution is 0.0387.